The molecule has 4 aliphatic carbocycles. The molecule has 25 heavy (non-hydrogen) atoms. The van der Waals surface area contributed by atoms with Gasteiger partial charge in [-0.2, -0.15) is 0 Å². The van der Waals surface area contributed by atoms with Crippen molar-refractivity contribution in [3.8, 4) is 5.75 Å². The highest BCUT2D eigenvalue weighted by Gasteiger charge is 2.53. The SMILES string of the molecule is C[C@H](NC(=O)COc1c(Cl)cccc1Cl)C12CC3CC(CC(C3)C1)C2. The van der Waals surface area contributed by atoms with Crippen LogP contribution in [0.4, 0.5) is 0 Å². The van der Waals surface area contributed by atoms with Crippen LogP contribution >= 0.6 is 23.2 Å². The second-order valence-corrected chi connectivity index (χ2v) is 9.22. The Morgan fingerprint density at radius 3 is 2.20 bits per heavy atom. The van der Waals surface area contributed by atoms with Gasteiger partial charge in [0.1, 0.15) is 0 Å². The van der Waals surface area contributed by atoms with Crippen molar-refractivity contribution in [3.05, 3.63) is 28.2 Å². The summed E-state index contributed by atoms with van der Waals surface area (Å²) >= 11 is 12.2. The lowest BCUT2D eigenvalue weighted by molar-refractivity contribution is -0.127. The van der Waals surface area contributed by atoms with Crippen LogP contribution in [-0.4, -0.2) is 18.6 Å². The molecule has 0 radical (unpaired) electrons. The van der Waals surface area contributed by atoms with E-state index in [4.69, 9.17) is 27.9 Å². The molecule has 0 aliphatic heterocycles. The normalized spacial score (nSPS) is 34.0. The highest BCUT2D eigenvalue weighted by Crippen LogP contribution is 2.61. The molecule has 0 spiro atoms. The number of benzene rings is 1. The zero-order valence-corrected chi connectivity index (χ0v) is 16.1. The highest BCUT2D eigenvalue weighted by atomic mass is 35.5. The number of hydrogen-bond donors (Lipinski definition) is 1. The summed E-state index contributed by atoms with van der Waals surface area (Å²) in [5.41, 5.74) is 0.298. The number of para-hydroxylation sites is 1. The van der Waals surface area contributed by atoms with Crippen molar-refractivity contribution >= 4 is 29.1 Å². The number of hydrogen-bond acceptors (Lipinski definition) is 2. The van der Waals surface area contributed by atoms with Gasteiger partial charge in [-0.15, -0.1) is 0 Å². The van der Waals surface area contributed by atoms with Gasteiger partial charge in [0.15, 0.2) is 12.4 Å². The fraction of sp³-hybridized carbons (Fsp3) is 0.650. The topological polar surface area (TPSA) is 38.3 Å². The third-order valence-corrected chi connectivity index (χ3v) is 7.24. The van der Waals surface area contributed by atoms with Crippen LogP contribution in [0.25, 0.3) is 0 Å². The first-order valence-electron chi connectivity index (χ1n) is 9.31. The fourth-order valence-corrected chi connectivity index (χ4v) is 6.41. The molecule has 1 aromatic carbocycles. The fourth-order valence-electron chi connectivity index (χ4n) is 5.90. The van der Waals surface area contributed by atoms with E-state index in [1.54, 1.807) is 18.2 Å². The molecule has 1 aromatic rings. The second kappa shape index (κ2) is 6.66. The first-order valence-corrected chi connectivity index (χ1v) is 10.1. The Morgan fingerprint density at radius 2 is 1.68 bits per heavy atom. The second-order valence-electron chi connectivity index (χ2n) is 8.41. The molecule has 4 bridgehead atoms. The minimum absolute atomic E-state index is 0.0554. The van der Waals surface area contributed by atoms with Gasteiger partial charge in [-0.05, 0) is 80.8 Å². The zero-order chi connectivity index (χ0) is 17.6. The predicted octanol–water partition coefficient (Wildman–Crippen LogP) is 5.09. The summed E-state index contributed by atoms with van der Waals surface area (Å²) in [6, 6.07) is 5.36. The van der Waals surface area contributed by atoms with Crippen molar-refractivity contribution in [3.63, 3.8) is 0 Å². The summed E-state index contributed by atoms with van der Waals surface area (Å²) in [5.74, 6) is 2.92. The van der Waals surface area contributed by atoms with Crippen LogP contribution in [0.2, 0.25) is 10.0 Å². The van der Waals surface area contributed by atoms with E-state index in [0.29, 0.717) is 21.2 Å². The van der Waals surface area contributed by atoms with Gasteiger partial charge >= 0.3 is 0 Å². The summed E-state index contributed by atoms with van der Waals surface area (Å²) in [5, 5.41) is 4.05. The maximum Gasteiger partial charge on any atom is 0.258 e. The molecule has 4 fully saturated rings. The van der Waals surface area contributed by atoms with Gasteiger partial charge < -0.3 is 10.1 Å². The standard InChI is InChI=1S/C20H25Cl2NO2/c1-12(20-8-13-5-14(9-20)7-15(6-13)10-20)23-18(24)11-25-19-16(21)3-2-4-17(19)22/h2-4,12-15H,5-11H2,1H3,(H,23,24)/t12-,13?,14?,15?,20?/m0/s1. The first-order chi connectivity index (χ1) is 11.9. The quantitative estimate of drug-likeness (QED) is 0.770. The maximum atomic E-state index is 12.4. The van der Waals surface area contributed by atoms with Crippen molar-refractivity contribution < 1.29 is 9.53 Å². The molecule has 4 aliphatic rings. The average molecular weight is 382 g/mol. The van der Waals surface area contributed by atoms with Crippen LogP contribution in [-0.2, 0) is 4.79 Å². The monoisotopic (exact) mass is 381 g/mol. The van der Waals surface area contributed by atoms with Gasteiger partial charge in [0, 0.05) is 6.04 Å². The van der Waals surface area contributed by atoms with E-state index in [2.05, 4.69) is 12.2 Å². The molecule has 1 atom stereocenters. The molecule has 136 valence electrons. The van der Waals surface area contributed by atoms with Gasteiger partial charge in [-0.1, -0.05) is 29.3 Å². The zero-order valence-electron chi connectivity index (χ0n) is 14.6. The minimum Gasteiger partial charge on any atom is -0.481 e. The summed E-state index contributed by atoms with van der Waals surface area (Å²) in [4.78, 5) is 12.4. The molecule has 0 heterocycles. The van der Waals surface area contributed by atoms with Crippen LogP contribution in [0.5, 0.6) is 5.75 Å². The Labute approximate surface area is 159 Å². The van der Waals surface area contributed by atoms with E-state index in [0.717, 1.165) is 17.8 Å². The van der Waals surface area contributed by atoms with E-state index in [9.17, 15) is 4.79 Å². The van der Waals surface area contributed by atoms with Crippen molar-refractivity contribution in [2.75, 3.05) is 6.61 Å². The molecule has 5 rings (SSSR count). The van der Waals surface area contributed by atoms with Crippen molar-refractivity contribution in [2.24, 2.45) is 23.2 Å². The van der Waals surface area contributed by atoms with Crippen LogP contribution in [0.1, 0.15) is 45.4 Å². The van der Waals surface area contributed by atoms with Gasteiger partial charge in [-0.3, -0.25) is 4.79 Å². The lowest BCUT2D eigenvalue weighted by Crippen LogP contribution is -2.56. The lowest BCUT2D eigenvalue weighted by Gasteiger charge is -2.59. The number of carbonyl (C=O) groups is 1. The van der Waals surface area contributed by atoms with E-state index >= 15 is 0 Å². The van der Waals surface area contributed by atoms with Gasteiger partial charge in [0.25, 0.3) is 5.91 Å². The lowest BCUT2D eigenvalue weighted by atomic mass is 9.48. The molecule has 4 saturated carbocycles. The average Bonchev–Trinajstić information content (AvgIpc) is 2.53. The summed E-state index contributed by atoms with van der Waals surface area (Å²) in [6.07, 6.45) is 8.06. The third kappa shape index (κ3) is 3.38. The van der Waals surface area contributed by atoms with E-state index < -0.39 is 0 Å². The number of ether oxygens (including phenoxy) is 1. The van der Waals surface area contributed by atoms with Crippen LogP contribution < -0.4 is 10.1 Å². The first kappa shape index (κ1) is 17.5. The van der Waals surface area contributed by atoms with E-state index in [1.165, 1.54) is 38.5 Å². The molecule has 3 nitrogen and oxygen atoms in total. The van der Waals surface area contributed by atoms with Crippen LogP contribution in [0, 0.1) is 23.2 Å². The number of halogens is 2. The maximum absolute atomic E-state index is 12.4. The van der Waals surface area contributed by atoms with Gasteiger partial charge in [0.2, 0.25) is 0 Å². The Balaban J connectivity index is 1.36. The Morgan fingerprint density at radius 1 is 1.16 bits per heavy atom. The van der Waals surface area contributed by atoms with Crippen molar-refractivity contribution in [1.82, 2.24) is 5.32 Å². The molecule has 1 amide bonds. The number of rotatable bonds is 5. The predicted molar refractivity (Wildman–Crippen MR) is 100 cm³/mol. The molecule has 0 unspecified atom stereocenters. The van der Waals surface area contributed by atoms with Crippen LogP contribution in [0.3, 0.4) is 0 Å². The molecular formula is C20H25Cl2NO2. The van der Waals surface area contributed by atoms with Gasteiger partial charge in [0.05, 0.1) is 10.0 Å². The molecular weight excluding hydrogens is 357 g/mol. The molecule has 5 heteroatoms. The van der Waals surface area contributed by atoms with Gasteiger partial charge in [-0.25, -0.2) is 0 Å². The number of amides is 1. The number of carbonyl (C=O) groups excluding carboxylic acids is 1. The number of nitrogens with one attached hydrogen (secondary N) is 1. The largest absolute Gasteiger partial charge is 0.481 e. The molecule has 1 N–H and O–H groups in total. The summed E-state index contributed by atoms with van der Waals surface area (Å²) < 4.78 is 5.57. The Bertz CT molecular complexity index is 620. The Hall–Kier alpha value is -0.930. The summed E-state index contributed by atoms with van der Waals surface area (Å²) in [7, 11) is 0. The van der Waals surface area contributed by atoms with Crippen molar-refractivity contribution in [1.29, 1.82) is 0 Å². The van der Waals surface area contributed by atoms with E-state index in [1.807, 2.05) is 0 Å². The minimum atomic E-state index is -0.0979. The molecule has 0 aromatic heterocycles. The van der Waals surface area contributed by atoms with Crippen molar-refractivity contribution in [2.45, 2.75) is 51.5 Å². The smallest absolute Gasteiger partial charge is 0.258 e. The van der Waals surface area contributed by atoms with E-state index in [-0.39, 0.29) is 18.6 Å². The van der Waals surface area contributed by atoms with Crippen LogP contribution in [0.15, 0.2) is 18.2 Å². The Kier molecular flexibility index (Phi) is 4.66. The summed E-state index contributed by atoms with van der Waals surface area (Å²) in [6.45, 7) is 2.12. The third-order valence-electron chi connectivity index (χ3n) is 6.65. The molecule has 0 saturated heterocycles. The highest BCUT2D eigenvalue weighted by molar-refractivity contribution is 6.37.